The van der Waals surface area contributed by atoms with Crippen LogP contribution in [0.5, 0.6) is 0 Å². The van der Waals surface area contributed by atoms with Gasteiger partial charge in [0, 0.05) is 33.7 Å². The molecule has 2 aromatic rings. The molecule has 0 aliphatic rings. The van der Waals surface area contributed by atoms with Gasteiger partial charge in [0.1, 0.15) is 12.1 Å². The molecule has 0 saturated heterocycles. The highest BCUT2D eigenvalue weighted by Gasteiger charge is 2.35. The molecule has 0 heterocycles. The number of carbonyl (C=O) groups excluding carboxylic acids is 4. The van der Waals surface area contributed by atoms with Crippen LogP contribution in [0.1, 0.15) is 53.4 Å². The molecule has 38 heavy (non-hydrogen) atoms. The minimum Gasteiger partial charge on any atom is -0.343 e. The molecule has 0 bridgehead atoms. The van der Waals surface area contributed by atoms with Gasteiger partial charge in [-0.1, -0.05) is 36.4 Å². The smallest absolute Gasteiger partial charge is 0.248 e. The van der Waals surface area contributed by atoms with E-state index in [4.69, 9.17) is 0 Å². The van der Waals surface area contributed by atoms with Crippen molar-refractivity contribution in [3.8, 4) is 0 Å². The van der Waals surface area contributed by atoms with Gasteiger partial charge in [-0.15, -0.1) is 0 Å². The maximum atomic E-state index is 12.8. The van der Waals surface area contributed by atoms with Crippen LogP contribution in [-0.4, -0.2) is 45.2 Å². The van der Waals surface area contributed by atoms with Crippen LogP contribution in [-0.2, 0) is 19.2 Å². The quantitative estimate of drug-likeness (QED) is 0.163. The zero-order valence-corrected chi connectivity index (χ0v) is 24.1. The monoisotopic (exact) mass is 558 g/mol. The summed E-state index contributed by atoms with van der Waals surface area (Å²) in [6.07, 6.45) is 1.15. The van der Waals surface area contributed by atoms with Crippen molar-refractivity contribution in [1.82, 2.24) is 10.6 Å². The summed E-state index contributed by atoms with van der Waals surface area (Å²) in [5.41, 5.74) is 1.25. The molecule has 2 aromatic carbocycles. The highest BCUT2D eigenvalue weighted by atomic mass is 32.1. The molecule has 2 atom stereocenters. The van der Waals surface area contributed by atoms with Crippen LogP contribution < -0.4 is 21.3 Å². The lowest BCUT2D eigenvalue weighted by Gasteiger charge is -2.30. The molecule has 4 N–H and O–H groups in total. The van der Waals surface area contributed by atoms with E-state index in [1.807, 2.05) is 12.1 Å². The van der Waals surface area contributed by atoms with Gasteiger partial charge in [-0.05, 0) is 64.8 Å². The Hall–Kier alpha value is -2.98. The Kier molecular flexibility index (Phi) is 11.7. The predicted molar refractivity (Wildman–Crippen MR) is 159 cm³/mol. The summed E-state index contributed by atoms with van der Waals surface area (Å²) in [5, 5.41) is 11.1. The van der Waals surface area contributed by atoms with Gasteiger partial charge in [-0.2, -0.15) is 25.3 Å². The van der Waals surface area contributed by atoms with Crippen LogP contribution in [0.2, 0.25) is 0 Å². The highest BCUT2D eigenvalue weighted by molar-refractivity contribution is 7.82. The molecule has 8 nitrogen and oxygen atoms in total. The molecule has 0 aromatic heterocycles. The minimum atomic E-state index is -0.858. The minimum absolute atomic E-state index is 0.141. The molecular formula is C28H38N4O4S2. The number of benzene rings is 2. The molecule has 0 aliphatic heterocycles. The Morgan fingerprint density at radius 2 is 0.947 bits per heavy atom. The van der Waals surface area contributed by atoms with E-state index in [0.29, 0.717) is 24.2 Å². The summed E-state index contributed by atoms with van der Waals surface area (Å²) < 4.78 is -1.60. The number of anilines is 2. The topological polar surface area (TPSA) is 116 Å². The first kappa shape index (κ1) is 31.2. The summed E-state index contributed by atoms with van der Waals surface area (Å²) in [6, 6.07) is 16.2. The number of amides is 4. The fraction of sp³-hybridized carbons (Fsp3) is 0.429. The lowest BCUT2D eigenvalue weighted by atomic mass is 10.0. The van der Waals surface area contributed by atoms with Crippen molar-refractivity contribution in [2.24, 2.45) is 0 Å². The zero-order valence-electron chi connectivity index (χ0n) is 22.3. The summed E-state index contributed by atoms with van der Waals surface area (Å²) in [4.78, 5) is 50.8. The number of carbonyl (C=O) groups is 4. The van der Waals surface area contributed by atoms with Crippen LogP contribution in [0.25, 0.3) is 0 Å². The van der Waals surface area contributed by atoms with E-state index in [-0.39, 0.29) is 36.5 Å². The van der Waals surface area contributed by atoms with Crippen molar-refractivity contribution in [1.29, 1.82) is 0 Å². The number of thiol groups is 2. The summed E-state index contributed by atoms with van der Waals surface area (Å²) in [5.74, 6) is -1.34. The average molecular weight is 559 g/mol. The second kappa shape index (κ2) is 14.2. The molecule has 0 aliphatic carbocycles. The second-order valence-electron chi connectivity index (χ2n) is 10.2. The molecule has 206 valence electrons. The van der Waals surface area contributed by atoms with E-state index in [0.717, 1.165) is 0 Å². The molecular weight excluding hydrogens is 520 g/mol. The first-order valence-electron chi connectivity index (χ1n) is 12.5. The van der Waals surface area contributed by atoms with Gasteiger partial charge in [0.05, 0.1) is 0 Å². The Morgan fingerprint density at radius 1 is 0.632 bits per heavy atom. The van der Waals surface area contributed by atoms with E-state index in [2.05, 4.69) is 46.5 Å². The van der Waals surface area contributed by atoms with E-state index >= 15 is 0 Å². The maximum absolute atomic E-state index is 12.8. The van der Waals surface area contributed by atoms with Gasteiger partial charge in [0.2, 0.25) is 23.6 Å². The molecule has 0 fully saturated rings. The Balaban J connectivity index is 1.83. The van der Waals surface area contributed by atoms with Gasteiger partial charge < -0.3 is 21.3 Å². The SMILES string of the molecule is CC(C)(S)C(NC(=O)CCCCC(=O)NC(C(=O)Nc1ccccc1)C(C)(C)S)C(=O)Nc1ccccc1. The lowest BCUT2D eigenvalue weighted by Crippen LogP contribution is -2.53. The molecule has 2 unspecified atom stereocenters. The third-order valence-electron chi connectivity index (χ3n) is 5.69. The van der Waals surface area contributed by atoms with Crippen LogP contribution in [0, 0.1) is 0 Å². The Labute approximate surface area is 235 Å². The molecule has 0 spiro atoms. The molecule has 2 rings (SSSR count). The number of nitrogens with one attached hydrogen (secondary N) is 4. The van der Waals surface area contributed by atoms with Gasteiger partial charge in [0.15, 0.2) is 0 Å². The van der Waals surface area contributed by atoms with E-state index < -0.39 is 21.6 Å². The van der Waals surface area contributed by atoms with Crippen molar-refractivity contribution in [3.63, 3.8) is 0 Å². The fourth-order valence-corrected chi connectivity index (χ4v) is 4.00. The largest absolute Gasteiger partial charge is 0.343 e. The molecule has 0 saturated carbocycles. The van der Waals surface area contributed by atoms with Gasteiger partial charge >= 0.3 is 0 Å². The second-order valence-corrected chi connectivity index (χ2v) is 12.5. The van der Waals surface area contributed by atoms with Crippen molar-refractivity contribution in [2.45, 2.75) is 75.0 Å². The zero-order chi connectivity index (χ0) is 28.3. The van der Waals surface area contributed by atoms with E-state index in [1.54, 1.807) is 76.2 Å². The Bertz CT molecular complexity index is 996. The van der Waals surface area contributed by atoms with Crippen LogP contribution >= 0.6 is 25.3 Å². The van der Waals surface area contributed by atoms with Crippen molar-refractivity contribution < 1.29 is 19.2 Å². The Morgan fingerprint density at radius 3 is 1.24 bits per heavy atom. The van der Waals surface area contributed by atoms with Crippen LogP contribution in [0.15, 0.2) is 60.7 Å². The van der Waals surface area contributed by atoms with Crippen LogP contribution in [0.4, 0.5) is 11.4 Å². The maximum Gasteiger partial charge on any atom is 0.248 e. The number of hydrogen-bond acceptors (Lipinski definition) is 6. The fourth-order valence-electron chi connectivity index (χ4n) is 3.64. The van der Waals surface area contributed by atoms with Crippen molar-refractivity contribution in [3.05, 3.63) is 60.7 Å². The highest BCUT2D eigenvalue weighted by Crippen LogP contribution is 2.21. The van der Waals surface area contributed by atoms with Crippen molar-refractivity contribution >= 4 is 60.3 Å². The van der Waals surface area contributed by atoms with Gasteiger partial charge in [-0.3, -0.25) is 19.2 Å². The number of para-hydroxylation sites is 2. The summed E-state index contributed by atoms with van der Waals surface area (Å²) in [7, 11) is 0. The normalized spacial score (nSPS) is 13.1. The van der Waals surface area contributed by atoms with E-state index in [1.165, 1.54) is 0 Å². The lowest BCUT2D eigenvalue weighted by molar-refractivity contribution is -0.127. The first-order valence-corrected chi connectivity index (χ1v) is 13.4. The number of hydrogen-bond donors (Lipinski definition) is 6. The van der Waals surface area contributed by atoms with Gasteiger partial charge in [0.25, 0.3) is 0 Å². The number of rotatable bonds is 13. The van der Waals surface area contributed by atoms with E-state index in [9.17, 15) is 19.2 Å². The summed E-state index contributed by atoms with van der Waals surface area (Å²) >= 11 is 9.00. The molecule has 0 radical (unpaired) electrons. The van der Waals surface area contributed by atoms with Crippen molar-refractivity contribution in [2.75, 3.05) is 10.6 Å². The third-order valence-corrected chi connectivity index (χ3v) is 6.20. The predicted octanol–water partition coefficient (Wildman–Crippen LogP) is 4.21. The summed E-state index contributed by atoms with van der Waals surface area (Å²) in [6.45, 7) is 7.01. The standard InChI is InChI=1S/C28H38N4O4S2/c1-27(2,37)23(25(35)29-19-13-7-5-8-14-19)31-21(33)17-11-12-18-22(34)32-24(28(3,4)38)26(36)30-20-15-9-6-10-16-20/h5-10,13-16,23-24,37-38H,11-12,17-18H2,1-4H3,(H,29,35)(H,30,36)(H,31,33)(H,32,34). The number of unbranched alkanes of at least 4 members (excludes halogenated alkanes) is 1. The average Bonchev–Trinajstić information content (AvgIpc) is 2.83. The van der Waals surface area contributed by atoms with Crippen LogP contribution in [0.3, 0.4) is 0 Å². The molecule has 4 amide bonds. The van der Waals surface area contributed by atoms with Gasteiger partial charge in [-0.25, -0.2) is 0 Å². The third kappa shape index (κ3) is 10.8. The first-order chi connectivity index (χ1) is 17.8. The molecule has 10 heteroatoms.